The fraction of sp³-hybridized carbons (Fsp3) is 0.200. The van der Waals surface area contributed by atoms with Crippen LogP contribution in [-0.2, 0) is 4.79 Å². The molecule has 15 heavy (non-hydrogen) atoms. The highest BCUT2D eigenvalue weighted by molar-refractivity contribution is 9.09. The lowest BCUT2D eigenvalue weighted by molar-refractivity contribution is -0.139. The summed E-state index contributed by atoms with van der Waals surface area (Å²) >= 11 is 3.06. The van der Waals surface area contributed by atoms with Crippen molar-refractivity contribution in [2.45, 2.75) is 0 Å². The summed E-state index contributed by atoms with van der Waals surface area (Å²) in [6.07, 6.45) is 0. The summed E-state index contributed by atoms with van der Waals surface area (Å²) in [4.78, 5) is 21.4. The van der Waals surface area contributed by atoms with Crippen LogP contribution in [0.3, 0.4) is 0 Å². The molecule has 0 bridgehead atoms. The maximum atomic E-state index is 11.2. The summed E-state index contributed by atoms with van der Waals surface area (Å²) in [6.45, 7) is -0.383. The highest BCUT2D eigenvalue weighted by Gasteiger charge is 2.04. The zero-order valence-corrected chi connectivity index (χ0v) is 9.36. The van der Waals surface area contributed by atoms with E-state index in [0.29, 0.717) is 11.3 Å². The van der Waals surface area contributed by atoms with E-state index in [1.165, 1.54) is 0 Å². The number of Topliss-reactive ketones (excluding diaryl/α,β-unsaturated/α-hetero) is 1. The SMILES string of the molecule is O=C(O)COc1ccc(C(=O)CBr)cc1. The number of ketones is 1. The highest BCUT2D eigenvalue weighted by atomic mass is 79.9. The second-order valence-corrected chi connectivity index (χ2v) is 3.32. The Labute approximate surface area is 95.0 Å². The first-order chi connectivity index (χ1) is 7.13. The van der Waals surface area contributed by atoms with Crippen molar-refractivity contribution in [3.8, 4) is 5.75 Å². The van der Waals surface area contributed by atoms with Gasteiger partial charge in [-0.05, 0) is 24.3 Å². The van der Waals surface area contributed by atoms with Crippen LogP contribution in [0.5, 0.6) is 5.75 Å². The molecule has 0 radical (unpaired) electrons. The van der Waals surface area contributed by atoms with E-state index in [2.05, 4.69) is 15.9 Å². The molecule has 1 rings (SSSR count). The van der Waals surface area contributed by atoms with E-state index in [1.807, 2.05) is 0 Å². The molecule has 0 heterocycles. The van der Waals surface area contributed by atoms with Crippen molar-refractivity contribution in [3.05, 3.63) is 29.8 Å². The average molecular weight is 273 g/mol. The van der Waals surface area contributed by atoms with Crippen molar-refractivity contribution in [1.82, 2.24) is 0 Å². The molecule has 0 amide bonds. The Kier molecular flexibility index (Phi) is 4.30. The Morgan fingerprint density at radius 3 is 2.33 bits per heavy atom. The van der Waals surface area contributed by atoms with Crippen molar-refractivity contribution in [2.75, 3.05) is 11.9 Å². The molecule has 1 aromatic carbocycles. The number of carbonyl (C=O) groups is 2. The predicted molar refractivity (Wildman–Crippen MR) is 57.7 cm³/mol. The molecule has 0 spiro atoms. The Bertz CT molecular complexity index is 358. The first-order valence-corrected chi connectivity index (χ1v) is 5.29. The normalized spacial score (nSPS) is 9.67. The molecule has 0 aliphatic heterocycles. The van der Waals surface area contributed by atoms with Crippen LogP contribution in [-0.4, -0.2) is 28.8 Å². The molecule has 0 aromatic heterocycles. The third-order valence-corrected chi connectivity index (χ3v) is 2.17. The number of alkyl halides is 1. The molecule has 5 heteroatoms. The monoisotopic (exact) mass is 272 g/mol. The van der Waals surface area contributed by atoms with E-state index in [4.69, 9.17) is 9.84 Å². The molecule has 0 saturated heterocycles. The van der Waals surface area contributed by atoms with Crippen molar-refractivity contribution in [2.24, 2.45) is 0 Å². The number of ether oxygens (including phenoxy) is 1. The minimum absolute atomic E-state index is 0.0280. The third kappa shape index (κ3) is 3.71. The zero-order valence-electron chi connectivity index (χ0n) is 7.77. The van der Waals surface area contributed by atoms with Gasteiger partial charge in [-0.1, -0.05) is 15.9 Å². The molecule has 1 N–H and O–H groups in total. The van der Waals surface area contributed by atoms with Gasteiger partial charge in [0.1, 0.15) is 5.75 Å². The van der Waals surface area contributed by atoms with Gasteiger partial charge >= 0.3 is 5.97 Å². The minimum atomic E-state index is -1.03. The molecule has 0 aliphatic carbocycles. The Balaban J connectivity index is 2.64. The first-order valence-electron chi connectivity index (χ1n) is 4.17. The van der Waals surface area contributed by atoms with Crippen LogP contribution in [0.25, 0.3) is 0 Å². The van der Waals surface area contributed by atoms with E-state index in [-0.39, 0.29) is 17.7 Å². The van der Waals surface area contributed by atoms with Gasteiger partial charge in [0.05, 0.1) is 5.33 Å². The molecule has 4 nitrogen and oxygen atoms in total. The minimum Gasteiger partial charge on any atom is -0.482 e. The number of benzene rings is 1. The van der Waals surface area contributed by atoms with Gasteiger partial charge in [0, 0.05) is 5.56 Å². The van der Waals surface area contributed by atoms with E-state index in [1.54, 1.807) is 24.3 Å². The number of aliphatic carboxylic acids is 1. The van der Waals surface area contributed by atoms with Gasteiger partial charge in [0.15, 0.2) is 12.4 Å². The second-order valence-electron chi connectivity index (χ2n) is 2.76. The van der Waals surface area contributed by atoms with Gasteiger partial charge in [-0.15, -0.1) is 0 Å². The molecule has 1 aromatic rings. The van der Waals surface area contributed by atoms with Gasteiger partial charge in [-0.2, -0.15) is 0 Å². The van der Waals surface area contributed by atoms with Crippen LogP contribution in [0.15, 0.2) is 24.3 Å². The smallest absolute Gasteiger partial charge is 0.341 e. The van der Waals surface area contributed by atoms with E-state index < -0.39 is 5.97 Å². The molecular formula is C10H9BrO4. The van der Waals surface area contributed by atoms with Crippen LogP contribution < -0.4 is 4.74 Å². The van der Waals surface area contributed by atoms with Crippen molar-refractivity contribution in [3.63, 3.8) is 0 Å². The lowest BCUT2D eigenvalue weighted by Crippen LogP contribution is -2.09. The summed E-state index contributed by atoms with van der Waals surface area (Å²) in [5, 5.41) is 8.64. The number of halogens is 1. The summed E-state index contributed by atoms with van der Waals surface area (Å²) in [6, 6.07) is 6.33. The summed E-state index contributed by atoms with van der Waals surface area (Å²) in [5.41, 5.74) is 0.564. The summed E-state index contributed by atoms with van der Waals surface area (Å²) in [5.74, 6) is -0.626. The Hall–Kier alpha value is -1.36. The van der Waals surface area contributed by atoms with Crippen LogP contribution in [0.1, 0.15) is 10.4 Å². The Morgan fingerprint density at radius 2 is 1.87 bits per heavy atom. The van der Waals surface area contributed by atoms with Gasteiger partial charge < -0.3 is 9.84 Å². The van der Waals surface area contributed by atoms with Gasteiger partial charge in [0.25, 0.3) is 0 Å². The van der Waals surface area contributed by atoms with Crippen LogP contribution >= 0.6 is 15.9 Å². The van der Waals surface area contributed by atoms with Crippen molar-refractivity contribution in [1.29, 1.82) is 0 Å². The average Bonchev–Trinajstić information content (AvgIpc) is 2.26. The molecule has 80 valence electrons. The second kappa shape index (κ2) is 5.50. The van der Waals surface area contributed by atoms with Crippen molar-refractivity contribution < 1.29 is 19.4 Å². The van der Waals surface area contributed by atoms with Gasteiger partial charge in [-0.25, -0.2) is 4.79 Å². The number of carbonyl (C=O) groups excluding carboxylic acids is 1. The molecular weight excluding hydrogens is 264 g/mol. The first kappa shape index (κ1) is 11.7. The van der Waals surface area contributed by atoms with Crippen LogP contribution in [0.2, 0.25) is 0 Å². The van der Waals surface area contributed by atoms with Crippen LogP contribution in [0.4, 0.5) is 0 Å². The van der Waals surface area contributed by atoms with Crippen molar-refractivity contribution >= 4 is 27.7 Å². The predicted octanol–water partition coefficient (Wildman–Crippen LogP) is 1.73. The number of hydrogen-bond donors (Lipinski definition) is 1. The van der Waals surface area contributed by atoms with E-state index in [9.17, 15) is 9.59 Å². The lowest BCUT2D eigenvalue weighted by Gasteiger charge is -2.03. The fourth-order valence-corrected chi connectivity index (χ4v) is 1.28. The molecule has 0 aliphatic rings. The maximum Gasteiger partial charge on any atom is 0.341 e. The fourth-order valence-electron chi connectivity index (χ4n) is 0.959. The van der Waals surface area contributed by atoms with E-state index in [0.717, 1.165) is 0 Å². The molecule has 0 unspecified atom stereocenters. The van der Waals surface area contributed by atoms with Gasteiger partial charge in [0.2, 0.25) is 0 Å². The van der Waals surface area contributed by atoms with Gasteiger partial charge in [-0.3, -0.25) is 4.79 Å². The number of carboxylic acid groups (broad SMARTS) is 1. The van der Waals surface area contributed by atoms with E-state index >= 15 is 0 Å². The van der Waals surface area contributed by atoms with Crippen LogP contribution in [0, 0.1) is 0 Å². The summed E-state index contributed by atoms with van der Waals surface area (Å²) in [7, 11) is 0. The number of hydrogen-bond acceptors (Lipinski definition) is 3. The molecule has 0 fully saturated rings. The number of rotatable bonds is 5. The lowest BCUT2D eigenvalue weighted by atomic mass is 10.1. The highest BCUT2D eigenvalue weighted by Crippen LogP contribution is 2.12. The maximum absolute atomic E-state index is 11.2. The quantitative estimate of drug-likeness (QED) is 0.655. The number of carboxylic acids is 1. The standard InChI is InChI=1S/C10H9BrO4/c11-5-9(12)7-1-3-8(4-2-7)15-6-10(13)14/h1-4H,5-6H2,(H,13,14). The molecule has 0 atom stereocenters. The summed E-state index contributed by atoms with van der Waals surface area (Å²) < 4.78 is 4.91. The Morgan fingerprint density at radius 1 is 1.27 bits per heavy atom. The third-order valence-electron chi connectivity index (χ3n) is 1.66. The largest absolute Gasteiger partial charge is 0.482 e. The zero-order chi connectivity index (χ0) is 11.3. The topological polar surface area (TPSA) is 63.6 Å². The molecule has 0 saturated carbocycles.